The molecule has 2 aromatic rings. The number of hydrogen-bond acceptors (Lipinski definition) is 4. The first-order valence-electron chi connectivity index (χ1n) is 8.45. The molecule has 7 nitrogen and oxygen atoms in total. The molecule has 1 fully saturated rings. The zero-order chi connectivity index (χ0) is 18.7. The Bertz CT molecular complexity index is 821. The molecule has 8 heteroatoms. The summed E-state index contributed by atoms with van der Waals surface area (Å²) in [6, 6.07) is 7.28. The summed E-state index contributed by atoms with van der Waals surface area (Å²) in [4.78, 5) is 25.5. The highest BCUT2D eigenvalue weighted by Gasteiger charge is 2.29. The van der Waals surface area contributed by atoms with E-state index in [2.05, 4.69) is 5.10 Å². The van der Waals surface area contributed by atoms with Gasteiger partial charge in [-0.2, -0.15) is 5.10 Å². The van der Waals surface area contributed by atoms with E-state index >= 15 is 0 Å². The number of rotatable bonds is 5. The Morgan fingerprint density at radius 1 is 1.42 bits per heavy atom. The number of carboxylic acid groups (broad SMARTS) is 1. The molecule has 0 radical (unpaired) electrons. The zero-order valence-corrected chi connectivity index (χ0v) is 15.1. The van der Waals surface area contributed by atoms with Gasteiger partial charge in [-0.05, 0) is 24.6 Å². The van der Waals surface area contributed by atoms with Crippen molar-refractivity contribution in [3.05, 3.63) is 46.7 Å². The number of aliphatic carboxylic acids is 1. The molecule has 1 N–H and O–H groups in total. The smallest absolute Gasteiger partial charge is 0.306 e. The molecule has 26 heavy (non-hydrogen) atoms. The van der Waals surface area contributed by atoms with Crippen molar-refractivity contribution in [3.63, 3.8) is 0 Å². The molecule has 0 aliphatic carbocycles. The first-order chi connectivity index (χ1) is 12.5. The third-order valence-electron chi connectivity index (χ3n) is 4.32. The lowest BCUT2D eigenvalue weighted by Gasteiger charge is -2.32. The van der Waals surface area contributed by atoms with Gasteiger partial charge in [0, 0.05) is 18.1 Å². The number of carboxylic acids is 1. The fourth-order valence-corrected chi connectivity index (χ4v) is 3.30. The van der Waals surface area contributed by atoms with Crippen LogP contribution in [0, 0.1) is 0 Å². The Labute approximate surface area is 156 Å². The van der Waals surface area contributed by atoms with Crippen LogP contribution in [0.3, 0.4) is 0 Å². The lowest BCUT2D eigenvalue weighted by Crippen LogP contribution is -2.46. The Morgan fingerprint density at radius 3 is 2.92 bits per heavy atom. The van der Waals surface area contributed by atoms with Gasteiger partial charge in [0.05, 0.1) is 42.3 Å². The van der Waals surface area contributed by atoms with Crippen molar-refractivity contribution in [2.45, 2.75) is 25.9 Å². The summed E-state index contributed by atoms with van der Waals surface area (Å²) >= 11 is 6.06. The summed E-state index contributed by atoms with van der Waals surface area (Å²) in [5.41, 5.74) is 2.10. The van der Waals surface area contributed by atoms with E-state index in [0.29, 0.717) is 30.2 Å². The highest BCUT2D eigenvalue weighted by Crippen LogP contribution is 2.21. The fourth-order valence-electron chi connectivity index (χ4n) is 3.12. The molecule has 2 heterocycles. The van der Waals surface area contributed by atoms with E-state index in [4.69, 9.17) is 21.4 Å². The molecule has 1 saturated heterocycles. The minimum atomic E-state index is -0.938. The van der Waals surface area contributed by atoms with Crippen molar-refractivity contribution in [2.24, 2.45) is 0 Å². The lowest BCUT2D eigenvalue weighted by molar-refractivity contribution is -0.141. The number of amides is 1. The summed E-state index contributed by atoms with van der Waals surface area (Å²) in [5, 5.41) is 13.9. The van der Waals surface area contributed by atoms with Gasteiger partial charge in [-0.3, -0.25) is 9.59 Å². The van der Waals surface area contributed by atoms with Crippen LogP contribution in [0.15, 0.2) is 30.5 Å². The van der Waals surface area contributed by atoms with E-state index in [0.717, 1.165) is 11.4 Å². The van der Waals surface area contributed by atoms with E-state index in [1.807, 2.05) is 19.1 Å². The molecule has 0 unspecified atom stereocenters. The van der Waals surface area contributed by atoms with Gasteiger partial charge in [0.25, 0.3) is 5.91 Å². The minimum Gasteiger partial charge on any atom is -0.481 e. The van der Waals surface area contributed by atoms with Crippen molar-refractivity contribution in [2.75, 3.05) is 19.7 Å². The molecule has 0 saturated carbocycles. The number of carbonyl (C=O) groups is 2. The molecule has 1 aliphatic heterocycles. The predicted molar refractivity (Wildman–Crippen MR) is 95.8 cm³/mol. The quantitative estimate of drug-likeness (QED) is 0.864. The number of nitrogens with zero attached hydrogens (tertiary/aromatic N) is 3. The molecule has 1 aliphatic rings. The molecule has 1 atom stereocenters. The van der Waals surface area contributed by atoms with Crippen molar-refractivity contribution in [3.8, 4) is 5.69 Å². The normalized spacial score (nSPS) is 17.3. The molecule has 138 valence electrons. The predicted octanol–water partition coefficient (Wildman–Crippen LogP) is 2.40. The van der Waals surface area contributed by atoms with Crippen LogP contribution in [0.5, 0.6) is 0 Å². The van der Waals surface area contributed by atoms with E-state index in [9.17, 15) is 9.59 Å². The summed E-state index contributed by atoms with van der Waals surface area (Å²) in [5.74, 6) is -1.10. The average molecular weight is 378 g/mol. The maximum absolute atomic E-state index is 13.0. The van der Waals surface area contributed by atoms with Gasteiger partial charge in [0.1, 0.15) is 0 Å². The number of carbonyl (C=O) groups excluding carboxylic acids is 1. The van der Waals surface area contributed by atoms with E-state index in [-0.39, 0.29) is 18.9 Å². The second-order valence-electron chi connectivity index (χ2n) is 6.09. The van der Waals surface area contributed by atoms with Gasteiger partial charge in [-0.15, -0.1) is 0 Å². The van der Waals surface area contributed by atoms with Crippen molar-refractivity contribution in [1.82, 2.24) is 14.7 Å². The van der Waals surface area contributed by atoms with Crippen LogP contribution in [-0.2, 0) is 16.0 Å². The fraction of sp³-hybridized carbons (Fsp3) is 0.389. The number of halogens is 1. The molecule has 0 bridgehead atoms. The average Bonchev–Trinajstić information content (AvgIpc) is 3.04. The molecule has 3 rings (SSSR count). The lowest BCUT2D eigenvalue weighted by atomic mass is 10.1. The molecular formula is C18H20ClN3O4. The van der Waals surface area contributed by atoms with Crippen molar-refractivity contribution in [1.29, 1.82) is 0 Å². The van der Waals surface area contributed by atoms with Crippen LogP contribution in [0.2, 0.25) is 5.02 Å². The van der Waals surface area contributed by atoms with Crippen LogP contribution in [0.4, 0.5) is 0 Å². The summed E-state index contributed by atoms with van der Waals surface area (Å²) in [6.45, 7) is 2.98. The largest absolute Gasteiger partial charge is 0.481 e. The Kier molecular flexibility index (Phi) is 5.58. The third kappa shape index (κ3) is 3.89. The maximum atomic E-state index is 13.0. The maximum Gasteiger partial charge on any atom is 0.306 e. The Hall–Kier alpha value is -2.38. The van der Waals surface area contributed by atoms with Crippen LogP contribution >= 0.6 is 11.6 Å². The number of hydrogen-bond donors (Lipinski definition) is 1. The van der Waals surface area contributed by atoms with Crippen LogP contribution in [-0.4, -0.2) is 57.5 Å². The summed E-state index contributed by atoms with van der Waals surface area (Å²) < 4.78 is 7.16. The summed E-state index contributed by atoms with van der Waals surface area (Å²) in [6.07, 6.45) is 1.57. The number of morpholine rings is 1. The van der Waals surface area contributed by atoms with Gasteiger partial charge in [0.2, 0.25) is 0 Å². The van der Waals surface area contributed by atoms with Crippen LogP contribution in [0.1, 0.15) is 29.4 Å². The van der Waals surface area contributed by atoms with Crippen LogP contribution < -0.4 is 0 Å². The van der Waals surface area contributed by atoms with E-state index in [1.165, 1.54) is 0 Å². The van der Waals surface area contributed by atoms with Gasteiger partial charge >= 0.3 is 5.97 Å². The van der Waals surface area contributed by atoms with Gasteiger partial charge in [-0.25, -0.2) is 4.68 Å². The second-order valence-corrected chi connectivity index (χ2v) is 6.53. The van der Waals surface area contributed by atoms with Gasteiger partial charge in [-0.1, -0.05) is 24.6 Å². The number of ether oxygens (including phenoxy) is 1. The molecule has 1 aromatic heterocycles. The first-order valence-corrected chi connectivity index (χ1v) is 8.83. The van der Waals surface area contributed by atoms with Crippen molar-refractivity contribution < 1.29 is 19.4 Å². The third-order valence-corrected chi connectivity index (χ3v) is 4.55. The topological polar surface area (TPSA) is 84.7 Å². The van der Waals surface area contributed by atoms with Gasteiger partial charge < -0.3 is 14.7 Å². The standard InChI is InChI=1S/C18H20ClN3O4/c1-2-16-15(10-20-22(16)13-5-3-4-12(19)8-13)18(25)21-6-7-26-14(11-21)9-17(23)24/h3-5,8,10,14H,2,6-7,9,11H2,1H3,(H,23,24)/t14-/m1/s1. The van der Waals surface area contributed by atoms with Crippen LogP contribution in [0.25, 0.3) is 5.69 Å². The van der Waals surface area contributed by atoms with E-state index < -0.39 is 12.1 Å². The van der Waals surface area contributed by atoms with Crippen molar-refractivity contribution >= 4 is 23.5 Å². The SMILES string of the molecule is CCc1c(C(=O)N2CCO[C@H](CC(=O)O)C2)cnn1-c1cccc(Cl)c1. The van der Waals surface area contributed by atoms with E-state index in [1.54, 1.807) is 27.9 Å². The monoisotopic (exact) mass is 377 g/mol. The summed E-state index contributed by atoms with van der Waals surface area (Å²) in [7, 11) is 0. The Balaban J connectivity index is 1.85. The molecular weight excluding hydrogens is 358 g/mol. The molecule has 1 aromatic carbocycles. The molecule has 1 amide bonds. The highest BCUT2D eigenvalue weighted by molar-refractivity contribution is 6.30. The molecule has 0 spiro atoms. The van der Waals surface area contributed by atoms with Gasteiger partial charge in [0.15, 0.2) is 0 Å². The number of aromatic nitrogens is 2. The second kappa shape index (κ2) is 7.88. The zero-order valence-electron chi connectivity index (χ0n) is 14.4. The minimum absolute atomic E-state index is 0.119. The first kappa shape index (κ1) is 18.4. The highest BCUT2D eigenvalue weighted by atomic mass is 35.5. The number of benzene rings is 1. The Morgan fingerprint density at radius 2 is 2.23 bits per heavy atom.